The number of hydrazone groups is 1. The van der Waals surface area contributed by atoms with Crippen molar-refractivity contribution in [2.45, 2.75) is 51.5 Å². The van der Waals surface area contributed by atoms with Crippen LogP contribution in [0.4, 0.5) is 0 Å². The lowest BCUT2D eigenvalue weighted by molar-refractivity contribution is 0.381. The maximum Gasteiger partial charge on any atom is 0.0546 e. The predicted molar refractivity (Wildman–Crippen MR) is 90.4 cm³/mol. The lowest BCUT2D eigenvalue weighted by Gasteiger charge is -2.20. The first-order chi connectivity index (χ1) is 10.3. The lowest BCUT2D eigenvalue weighted by Crippen LogP contribution is -2.26. The molecule has 0 saturated heterocycles. The highest BCUT2D eigenvalue weighted by atomic mass is 15.3. The fraction of sp³-hybridized carbons (Fsp3) is 0.421. The van der Waals surface area contributed by atoms with Crippen LogP contribution >= 0.6 is 0 Å². The Kier molecular flexibility index (Phi) is 4.54. The van der Waals surface area contributed by atoms with Crippen LogP contribution in [0.25, 0.3) is 5.57 Å². The second-order valence-corrected chi connectivity index (χ2v) is 6.13. The number of rotatable bonds is 4. The Balaban J connectivity index is 1.69. The summed E-state index contributed by atoms with van der Waals surface area (Å²) in [6, 6.07) is 9.10. The summed E-state index contributed by atoms with van der Waals surface area (Å²) in [7, 11) is 0. The van der Waals surface area contributed by atoms with Crippen molar-refractivity contribution in [1.82, 2.24) is 5.43 Å². The highest BCUT2D eigenvalue weighted by Gasteiger charge is 2.12. The Morgan fingerprint density at radius 3 is 2.71 bits per heavy atom. The zero-order chi connectivity index (χ0) is 14.5. The number of hydrogen-bond acceptors (Lipinski definition) is 2. The number of allylic oxidation sites excluding steroid dienone is 4. The van der Waals surface area contributed by atoms with E-state index in [1.165, 1.54) is 54.4 Å². The van der Waals surface area contributed by atoms with Gasteiger partial charge in [0, 0.05) is 11.6 Å². The largest absolute Gasteiger partial charge is 0.307 e. The summed E-state index contributed by atoms with van der Waals surface area (Å²) >= 11 is 0. The molecule has 2 aliphatic carbocycles. The van der Waals surface area contributed by atoms with Gasteiger partial charge in [-0.25, -0.2) is 0 Å². The van der Waals surface area contributed by atoms with E-state index < -0.39 is 0 Å². The van der Waals surface area contributed by atoms with Crippen LogP contribution in [-0.2, 0) is 0 Å². The molecule has 1 aromatic rings. The first kappa shape index (κ1) is 14.1. The number of nitrogens with zero attached hydrogens (tertiary/aromatic N) is 1. The Hall–Kier alpha value is -1.83. The topological polar surface area (TPSA) is 24.4 Å². The van der Waals surface area contributed by atoms with Gasteiger partial charge in [-0.2, -0.15) is 5.10 Å². The van der Waals surface area contributed by atoms with E-state index in [2.05, 4.69) is 53.9 Å². The minimum absolute atomic E-state index is 0.566. The molecule has 0 atom stereocenters. The van der Waals surface area contributed by atoms with Crippen molar-refractivity contribution in [3.05, 3.63) is 53.1 Å². The molecule has 2 nitrogen and oxygen atoms in total. The van der Waals surface area contributed by atoms with Crippen LogP contribution in [-0.4, -0.2) is 12.3 Å². The molecule has 0 amide bonds. The Bertz CT molecular complexity index is 575. The van der Waals surface area contributed by atoms with Gasteiger partial charge in [0.25, 0.3) is 0 Å². The zero-order valence-corrected chi connectivity index (χ0v) is 12.8. The Labute approximate surface area is 127 Å². The third-order valence-electron chi connectivity index (χ3n) is 4.42. The number of hydrogen-bond donors (Lipinski definition) is 1. The number of benzene rings is 1. The second-order valence-electron chi connectivity index (χ2n) is 6.13. The van der Waals surface area contributed by atoms with Crippen LogP contribution in [0.3, 0.4) is 0 Å². The van der Waals surface area contributed by atoms with Crippen molar-refractivity contribution in [2.75, 3.05) is 0 Å². The summed E-state index contributed by atoms with van der Waals surface area (Å²) in [6.45, 7) is 2.16. The summed E-state index contributed by atoms with van der Waals surface area (Å²) < 4.78 is 0. The normalized spacial score (nSPS) is 19.7. The van der Waals surface area contributed by atoms with Crippen LogP contribution in [0.15, 0.2) is 47.1 Å². The van der Waals surface area contributed by atoms with Crippen molar-refractivity contribution >= 4 is 11.8 Å². The smallest absolute Gasteiger partial charge is 0.0546 e. The van der Waals surface area contributed by atoms with E-state index in [-0.39, 0.29) is 0 Å². The van der Waals surface area contributed by atoms with Crippen molar-refractivity contribution < 1.29 is 0 Å². The van der Waals surface area contributed by atoms with E-state index in [1.54, 1.807) is 0 Å². The van der Waals surface area contributed by atoms with Crippen molar-refractivity contribution in [2.24, 2.45) is 5.10 Å². The van der Waals surface area contributed by atoms with Crippen molar-refractivity contribution in [3.8, 4) is 0 Å². The van der Waals surface area contributed by atoms with E-state index >= 15 is 0 Å². The molecule has 0 aromatic heterocycles. The van der Waals surface area contributed by atoms with Gasteiger partial charge in [-0.15, -0.1) is 0 Å². The molecule has 3 rings (SSSR count). The highest BCUT2D eigenvalue weighted by molar-refractivity contribution is 5.89. The van der Waals surface area contributed by atoms with Crippen LogP contribution in [0.5, 0.6) is 0 Å². The fourth-order valence-corrected chi connectivity index (χ4v) is 3.20. The molecular weight excluding hydrogens is 256 g/mol. The van der Waals surface area contributed by atoms with Gasteiger partial charge in [0.15, 0.2) is 0 Å². The van der Waals surface area contributed by atoms with Gasteiger partial charge in [-0.05, 0) is 37.3 Å². The minimum atomic E-state index is 0.566. The van der Waals surface area contributed by atoms with Crippen LogP contribution in [0.2, 0.25) is 0 Å². The van der Waals surface area contributed by atoms with E-state index in [9.17, 15) is 0 Å². The first-order valence-electron chi connectivity index (χ1n) is 8.08. The summed E-state index contributed by atoms with van der Waals surface area (Å²) in [4.78, 5) is 0. The van der Waals surface area contributed by atoms with Crippen LogP contribution in [0.1, 0.15) is 56.6 Å². The summed E-state index contributed by atoms with van der Waals surface area (Å²) in [6.07, 6.45) is 14.1. The average Bonchev–Trinajstić information content (AvgIpc) is 2.95. The van der Waals surface area contributed by atoms with Crippen molar-refractivity contribution in [3.63, 3.8) is 0 Å². The molecule has 21 heavy (non-hydrogen) atoms. The molecule has 2 aliphatic rings. The zero-order valence-electron chi connectivity index (χ0n) is 12.8. The van der Waals surface area contributed by atoms with Gasteiger partial charge >= 0.3 is 0 Å². The minimum Gasteiger partial charge on any atom is -0.307 e. The van der Waals surface area contributed by atoms with Gasteiger partial charge in [-0.1, -0.05) is 61.3 Å². The molecule has 1 aromatic carbocycles. The standard InChI is InChI=1S/C19H24N2/c1-15-11-12-16(13-15)19-10-6-5-7-17(19)14-20-21-18-8-3-2-4-9-18/h5-7,10-11,13-14,18,21H,2-4,8-9,12H2,1H3. The monoisotopic (exact) mass is 280 g/mol. The predicted octanol–water partition coefficient (Wildman–Crippen LogP) is 4.68. The van der Waals surface area contributed by atoms with Gasteiger partial charge in [0.05, 0.1) is 6.21 Å². The van der Waals surface area contributed by atoms with Crippen molar-refractivity contribution in [1.29, 1.82) is 0 Å². The van der Waals surface area contributed by atoms with Gasteiger partial charge in [0.2, 0.25) is 0 Å². The second kappa shape index (κ2) is 6.75. The third kappa shape index (κ3) is 3.63. The molecule has 1 N–H and O–H groups in total. The highest BCUT2D eigenvalue weighted by Crippen LogP contribution is 2.28. The molecule has 0 unspecified atom stereocenters. The lowest BCUT2D eigenvalue weighted by atomic mass is 9.96. The summed E-state index contributed by atoms with van der Waals surface area (Å²) in [5.74, 6) is 0. The van der Waals surface area contributed by atoms with Gasteiger partial charge in [0.1, 0.15) is 0 Å². The molecule has 0 spiro atoms. The number of nitrogens with one attached hydrogen (secondary N) is 1. The van der Waals surface area contributed by atoms with Crippen LogP contribution in [0, 0.1) is 0 Å². The molecule has 0 radical (unpaired) electrons. The maximum absolute atomic E-state index is 4.50. The van der Waals surface area contributed by atoms with Crippen LogP contribution < -0.4 is 5.43 Å². The van der Waals surface area contributed by atoms with E-state index in [0.29, 0.717) is 6.04 Å². The third-order valence-corrected chi connectivity index (χ3v) is 4.42. The Morgan fingerprint density at radius 2 is 1.95 bits per heavy atom. The quantitative estimate of drug-likeness (QED) is 0.628. The maximum atomic E-state index is 4.50. The molecule has 0 aliphatic heterocycles. The summed E-state index contributed by atoms with van der Waals surface area (Å²) in [5, 5.41) is 4.50. The Morgan fingerprint density at radius 1 is 1.14 bits per heavy atom. The molecule has 1 saturated carbocycles. The SMILES string of the molecule is CC1=CCC(c2ccccc2C=NNC2CCCCC2)=C1. The van der Waals surface area contributed by atoms with Gasteiger partial charge in [-0.3, -0.25) is 0 Å². The van der Waals surface area contributed by atoms with Gasteiger partial charge < -0.3 is 5.43 Å². The molecule has 110 valence electrons. The molecule has 1 fully saturated rings. The van der Waals surface area contributed by atoms with E-state index in [4.69, 9.17) is 0 Å². The first-order valence-corrected chi connectivity index (χ1v) is 8.08. The van der Waals surface area contributed by atoms with E-state index in [0.717, 1.165) is 6.42 Å². The van der Waals surface area contributed by atoms with E-state index in [1.807, 2.05) is 6.21 Å². The average molecular weight is 280 g/mol. The molecule has 2 heteroatoms. The molecule has 0 heterocycles. The molecule has 0 bridgehead atoms. The molecular formula is C19H24N2. The summed E-state index contributed by atoms with van der Waals surface area (Å²) in [5.41, 5.74) is 8.60. The fourth-order valence-electron chi connectivity index (χ4n) is 3.20.